The molecule has 3 heterocycles. The van der Waals surface area contributed by atoms with Gasteiger partial charge in [-0.3, -0.25) is 4.57 Å². The second kappa shape index (κ2) is 7.13. The van der Waals surface area contributed by atoms with Crippen LogP contribution in [0.5, 0.6) is 0 Å². The summed E-state index contributed by atoms with van der Waals surface area (Å²) >= 11 is 5.11. The molecule has 0 radical (unpaired) electrons. The van der Waals surface area contributed by atoms with Gasteiger partial charge in [0.05, 0.1) is 15.1 Å². The Labute approximate surface area is 164 Å². The van der Waals surface area contributed by atoms with E-state index in [0.717, 1.165) is 20.8 Å². The highest BCUT2D eigenvalue weighted by Crippen LogP contribution is 2.40. The summed E-state index contributed by atoms with van der Waals surface area (Å²) < 4.78 is 4.63. The Morgan fingerprint density at radius 3 is 2.69 bits per heavy atom. The fourth-order valence-electron chi connectivity index (χ4n) is 3.56. The van der Waals surface area contributed by atoms with Crippen LogP contribution in [0.1, 0.15) is 38.1 Å². The van der Waals surface area contributed by atoms with Crippen LogP contribution in [0, 0.1) is 0 Å². The molecule has 4 nitrogen and oxygen atoms in total. The highest BCUT2D eigenvalue weighted by atomic mass is 32.2. The van der Waals surface area contributed by atoms with Crippen LogP contribution in [-0.2, 0) is 0 Å². The first-order chi connectivity index (χ1) is 12.9. The molecule has 0 amide bonds. The monoisotopic (exact) mass is 398 g/mol. The second-order valence-corrected chi connectivity index (χ2v) is 9.69. The summed E-state index contributed by atoms with van der Waals surface area (Å²) in [4.78, 5) is 5.96. The summed E-state index contributed by atoms with van der Waals surface area (Å²) in [5.74, 6) is 1.01. The van der Waals surface area contributed by atoms with E-state index in [0.29, 0.717) is 6.04 Å². The number of hydrogen-bond donors (Lipinski definition) is 0. The zero-order valence-electron chi connectivity index (χ0n) is 14.2. The summed E-state index contributed by atoms with van der Waals surface area (Å²) in [6, 6.07) is 13.0. The number of benzene rings is 1. The number of para-hydroxylation sites is 1. The van der Waals surface area contributed by atoms with Gasteiger partial charge < -0.3 is 0 Å². The molecule has 0 spiro atoms. The average Bonchev–Trinajstić information content (AvgIpc) is 3.41. The number of hydrogen-bond acceptors (Lipinski definition) is 6. The molecule has 4 aromatic rings. The number of fused-ring (bicyclic) bond motifs is 1. The largest absolute Gasteiger partial charge is 0.298 e. The molecule has 1 fully saturated rings. The van der Waals surface area contributed by atoms with Crippen LogP contribution < -0.4 is 0 Å². The minimum atomic E-state index is 0.493. The van der Waals surface area contributed by atoms with E-state index in [9.17, 15) is 0 Å². The van der Waals surface area contributed by atoms with Crippen LogP contribution in [0.15, 0.2) is 51.3 Å². The lowest BCUT2D eigenvalue weighted by atomic mass is 9.95. The van der Waals surface area contributed by atoms with Crippen molar-refractivity contribution in [3.63, 3.8) is 0 Å². The van der Waals surface area contributed by atoms with Crippen molar-refractivity contribution >= 4 is 44.7 Å². The fourth-order valence-corrected chi connectivity index (χ4v) is 6.34. The van der Waals surface area contributed by atoms with E-state index in [-0.39, 0.29) is 0 Å². The summed E-state index contributed by atoms with van der Waals surface area (Å²) in [5.41, 5.74) is 1.06. The smallest absolute Gasteiger partial charge is 0.198 e. The maximum Gasteiger partial charge on any atom is 0.198 e. The molecule has 1 aliphatic rings. The van der Waals surface area contributed by atoms with Gasteiger partial charge in [-0.15, -0.1) is 32.9 Å². The van der Waals surface area contributed by atoms with E-state index in [1.807, 2.05) is 6.07 Å². The molecular weight excluding hydrogens is 380 g/mol. The quantitative estimate of drug-likeness (QED) is 0.406. The van der Waals surface area contributed by atoms with Crippen molar-refractivity contribution < 1.29 is 0 Å². The van der Waals surface area contributed by atoms with Crippen molar-refractivity contribution in [2.24, 2.45) is 0 Å². The normalized spacial score (nSPS) is 15.7. The summed E-state index contributed by atoms with van der Waals surface area (Å²) in [6.45, 7) is 0. The Hall–Kier alpha value is -1.70. The standard InChI is InChI=1S/C19H18N4S3/c1-2-7-13(8-3-1)23-17(16-11-6-12-24-16)21-22-18(23)26-19-20-14-9-4-5-10-15(14)25-19/h4-6,9-13H,1-3,7-8H2. The van der Waals surface area contributed by atoms with Crippen LogP contribution in [0.2, 0.25) is 0 Å². The van der Waals surface area contributed by atoms with Crippen molar-refractivity contribution in [1.82, 2.24) is 19.7 Å². The predicted molar refractivity (Wildman–Crippen MR) is 109 cm³/mol. The number of thiophene rings is 1. The first kappa shape index (κ1) is 16.5. The number of rotatable bonds is 4. The van der Waals surface area contributed by atoms with E-state index >= 15 is 0 Å². The topological polar surface area (TPSA) is 43.6 Å². The number of thiazole rings is 1. The van der Waals surface area contributed by atoms with Gasteiger partial charge in [-0.25, -0.2) is 4.98 Å². The summed E-state index contributed by atoms with van der Waals surface area (Å²) in [6.07, 6.45) is 6.34. The van der Waals surface area contributed by atoms with Crippen molar-refractivity contribution in [1.29, 1.82) is 0 Å². The Balaban J connectivity index is 1.55. The Morgan fingerprint density at radius 2 is 1.88 bits per heavy atom. The third kappa shape index (κ3) is 3.08. The van der Waals surface area contributed by atoms with Crippen LogP contribution in [-0.4, -0.2) is 19.7 Å². The predicted octanol–water partition coefficient (Wildman–Crippen LogP) is 6.27. The molecule has 5 rings (SSSR count). The Bertz CT molecular complexity index is 980. The zero-order chi connectivity index (χ0) is 17.3. The number of aromatic nitrogens is 4. The zero-order valence-corrected chi connectivity index (χ0v) is 16.6. The molecule has 0 N–H and O–H groups in total. The third-order valence-electron chi connectivity index (χ3n) is 4.80. The minimum Gasteiger partial charge on any atom is -0.298 e. The van der Waals surface area contributed by atoms with Crippen molar-refractivity contribution in [2.75, 3.05) is 0 Å². The Morgan fingerprint density at radius 1 is 1.00 bits per heavy atom. The number of nitrogens with zero attached hydrogens (tertiary/aromatic N) is 4. The Kier molecular flexibility index (Phi) is 4.52. The molecule has 1 aromatic carbocycles. The molecule has 0 atom stereocenters. The molecule has 1 saturated carbocycles. The second-order valence-electron chi connectivity index (χ2n) is 6.49. The first-order valence-electron chi connectivity index (χ1n) is 8.91. The third-order valence-corrected chi connectivity index (χ3v) is 7.72. The van der Waals surface area contributed by atoms with E-state index in [1.165, 1.54) is 41.7 Å². The lowest BCUT2D eigenvalue weighted by Crippen LogP contribution is -2.14. The van der Waals surface area contributed by atoms with Crippen molar-refractivity contribution in [3.8, 4) is 10.7 Å². The van der Waals surface area contributed by atoms with Gasteiger partial charge >= 0.3 is 0 Å². The molecule has 0 unspecified atom stereocenters. The molecule has 0 saturated heterocycles. The van der Waals surface area contributed by atoms with Crippen LogP contribution in [0.4, 0.5) is 0 Å². The van der Waals surface area contributed by atoms with Crippen molar-refractivity contribution in [2.45, 2.75) is 47.6 Å². The van der Waals surface area contributed by atoms with Crippen molar-refractivity contribution in [3.05, 3.63) is 41.8 Å². The lowest BCUT2D eigenvalue weighted by molar-refractivity contribution is 0.339. The minimum absolute atomic E-state index is 0.493. The van der Waals surface area contributed by atoms with Gasteiger partial charge in [0.25, 0.3) is 0 Å². The van der Waals surface area contributed by atoms with Crippen LogP contribution >= 0.6 is 34.4 Å². The highest BCUT2D eigenvalue weighted by molar-refractivity contribution is 8.01. The SMILES string of the molecule is c1csc(-c2nnc(Sc3nc4ccccc4s3)n2C2CCCCC2)c1. The van der Waals surface area contributed by atoms with Gasteiger partial charge in [-0.05, 0) is 48.2 Å². The van der Waals surface area contributed by atoms with E-state index < -0.39 is 0 Å². The highest BCUT2D eigenvalue weighted by Gasteiger charge is 2.25. The van der Waals surface area contributed by atoms with E-state index in [1.54, 1.807) is 34.4 Å². The molecule has 0 aliphatic heterocycles. The van der Waals surface area contributed by atoms with Gasteiger partial charge in [-0.2, -0.15) is 0 Å². The van der Waals surface area contributed by atoms with Crippen LogP contribution in [0.3, 0.4) is 0 Å². The lowest BCUT2D eigenvalue weighted by Gasteiger charge is -2.25. The maximum atomic E-state index is 4.77. The van der Waals surface area contributed by atoms with E-state index in [2.05, 4.69) is 50.5 Å². The molecule has 0 bridgehead atoms. The molecule has 7 heteroatoms. The molecular formula is C19H18N4S3. The maximum absolute atomic E-state index is 4.77. The van der Waals surface area contributed by atoms with Gasteiger partial charge in [0.15, 0.2) is 15.3 Å². The van der Waals surface area contributed by atoms with Gasteiger partial charge in [0.1, 0.15) is 0 Å². The molecule has 26 heavy (non-hydrogen) atoms. The molecule has 132 valence electrons. The molecule has 1 aliphatic carbocycles. The van der Waals surface area contributed by atoms with Crippen LogP contribution in [0.25, 0.3) is 20.9 Å². The van der Waals surface area contributed by atoms with Gasteiger partial charge in [-0.1, -0.05) is 37.5 Å². The summed E-state index contributed by atoms with van der Waals surface area (Å²) in [7, 11) is 0. The summed E-state index contributed by atoms with van der Waals surface area (Å²) in [5, 5.41) is 12.2. The van der Waals surface area contributed by atoms with E-state index in [4.69, 9.17) is 4.98 Å². The average molecular weight is 399 g/mol. The molecule has 3 aromatic heterocycles. The fraction of sp³-hybridized carbons (Fsp3) is 0.316. The van der Waals surface area contributed by atoms with Gasteiger partial charge in [0.2, 0.25) is 0 Å². The first-order valence-corrected chi connectivity index (χ1v) is 11.4. The van der Waals surface area contributed by atoms with Gasteiger partial charge in [0, 0.05) is 6.04 Å².